The van der Waals surface area contributed by atoms with Crippen molar-refractivity contribution >= 4 is 5.91 Å². The van der Waals surface area contributed by atoms with Gasteiger partial charge in [0.15, 0.2) is 0 Å². The summed E-state index contributed by atoms with van der Waals surface area (Å²) in [6, 6.07) is 0.0479. The predicted molar refractivity (Wildman–Crippen MR) is 83.4 cm³/mol. The van der Waals surface area contributed by atoms with Gasteiger partial charge in [-0.05, 0) is 31.1 Å². The number of unbranched alkanes of at least 4 members (excludes halogenated alkanes) is 3. The van der Waals surface area contributed by atoms with Gasteiger partial charge in [0.25, 0.3) is 0 Å². The van der Waals surface area contributed by atoms with Gasteiger partial charge in [0.05, 0.1) is 12.2 Å². The number of rotatable bonds is 7. The van der Waals surface area contributed by atoms with Gasteiger partial charge in [-0.25, -0.2) is 0 Å². The largest absolute Gasteiger partial charge is 0.326 e. The highest BCUT2D eigenvalue weighted by Gasteiger charge is 2.43. The van der Waals surface area contributed by atoms with Gasteiger partial charge in [0.1, 0.15) is 0 Å². The Kier molecular flexibility index (Phi) is 5.88. The zero-order valence-electron chi connectivity index (χ0n) is 13.5. The molecule has 1 aliphatic carbocycles. The highest BCUT2D eigenvalue weighted by Crippen LogP contribution is 2.33. The first-order chi connectivity index (χ1) is 9.65. The van der Waals surface area contributed by atoms with Crippen LogP contribution >= 0.6 is 0 Å². The van der Waals surface area contributed by atoms with Crippen molar-refractivity contribution in [1.82, 2.24) is 10.2 Å². The minimum absolute atomic E-state index is 0.0479. The maximum Gasteiger partial charge on any atom is 0.241 e. The van der Waals surface area contributed by atoms with Crippen LogP contribution in [0.15, 0.2) is 0 Å². The zero-order chi connectivity index (χ0) is 14.5. The third kappa shape index (κ3) is 3.55. The fourth-order valence-electron chi connectivity index (χ4n) is 3.76. The minimum Gasteiger partial charge on any atom is -0.326 e. The molecule has 1 saturated heterocycles. The Bertz CT molecular complexity index is 310. The van der Waals surface area contributed by atoms with E-state index in [1.807, 2.05) is 0 Å². The van der Waals surface area contributed by atoms with Gasteiger partial charge < -0.3 is 4.90 Å². The second-order valence-corrected chi connectivity index (χ2v) is 6.97. The van der Waals surface area contributed by atoms with Crippen LogP contribution in [0, 0.1) is 11.8 Å². The van der Waals surface area contributed by atoms with Crippen molar-refractivity contribution in [3.05, 3.63) is 0 Å². The van der Waals surface area contributed by atoms with E-state index < -0.39 is 0 Å². The average Bonchev–Trinajstić information content (AvgIpc) is 3.03. The van der Waals surface area contributed by atoms with Gasteiger partial charge in [0.2, 0.25) is 5.91 Å². The van der Waals surface area contributed by atoms with E-state index in [9.17, 15) is 4.79 Å². The topological polar surface area (TPSA) is 32.3 Å². The highest BCUT2D eigenvalue weighted by atomic mass is 16.2. The van der Waals surface area contributed by atoms with Gasteiger partial charge in [0, 0.05) is 6.54 Å². The molecule has 2 atom stereocenters. The third-order valence-corrected chi connectivity index (χ3v) is 5.00. The lowest BCUT2D eigenvalue weighted by Gasteiger charge is -2.29. The van der Waals surface area contributed by atoms with Gasteiger partial charge >= 0.3 is 0 Å². The number of carbonyl (C=O) groups is 1. The zero-order valence-corrected chi connectivity index (χ0v) is 13.5. The summed E-state index contributed by atoms with van der Waals surface area (Å²) >= 11 is 0. The van der Waals surface area contributed by atoms with Crippen molar-refractivity contribution in [2.45, 2.75) is 84.3 Å². The van der Waals surface area contributed by atoms with Crippen LogP contribution in [0.3, 0.4) is 0 Å². The maximum atomic E-state index is 12.6. The first kappa shape index (κ1) is 15.8. The van der Waals surface area contributed by atoms with Crippen molar-refractivity contribution in [1.29, 1.82) is 0 Å². The molecule has 0 spiro atoms. The Morgan fingerprint density at radius 2 is 1.90 bits per heavy atom. The molecule has 0 aromatic carbocycles. The SMILES string of the molecule is CCCCCCN1C(=O)C(C(C)C)NC1C1CCCC1. The number of hydrogen-bond acceptors (Lipinski definition) is 2. The van der Waals surface area contributed by atoms with E-state index in [-0.39, 0.29) is 6.04 Å². The van der Waals surface area contributed by atoms with E-state index in [1.165, 1.54) is 44.9 Å². The molecular formula is C17H32N2O. The highest BCUT2D eigenvalue weighted by molar-refractivity contribution is 5.84. The summed E-state index contributed by atoms with van der Waals surface area (Å²) in [5.74, 6) is 1.44. The first-order valence-corrected chi connectivity index (χ1v) is 8.71. The predicted octanol–water partition coefficient (Wildman–Crippen LogP) is 3.54. The monoisotopic (exact) mass is 280 g/mol. The molecule has 3 nitrogen and oxygen atoms in total. The van der Waals surface area contributed by atoms with E-state index in [1.54, 1.807) is 0 Å². The quantitative estimate of drug-likeness (QED) is 0.723. The maximum absolute atomic E-state index is 12.6. The molecule has 0 aromatic rings. The first-order valence-electron chi connectivity index (χ1n) is 8.71. The lowest BCUT2D eigenvalue weighted by atomic mass is 10.0. The Balaban J connectivity index is 1.96. The van der Waals surface area contributed by atoms with E-state index in [0.717, 1.165) is 13.0 Å². The molecule has 1 amide bonds. The van der Waals surface area contributed by atoms with Gasteiger partial charge in [-0.3, -0.25) is 10.1 Å². The van der Waals surface area contributed by atoms with Gasteiger partial charge in [-0.15, -0.1) is 0 Å². The number of carbonyl (C=O) groups excluding carboxylic acids is 1. The summed E-state index contributed by atoms with van der Waals surface area (Å²) in [5.41, 5.74) is 0. The van der Waals surface area contributed by atoms with Crippen LogP contribution in [-0.4, -0.2) is 29.6 Å². The lowest BCUT2D eigenvalue weighted by molar-refractivity contribution is -0.131. The van der Waals surface area contributed by atoms with Crippen molar-refractivity contribution in [2.75, 3.05) is 6.54 Å². The van der Waals surface area contributed by atoms with E-state index in [2.05, 4.69) is 31.0 Å². The normalized spacial score (nSPS) is 28.0. The van der Waals surface area contributed by atoms with Crippen molar-refractivity contribution < 1.29 is 4.79 Å². The molecule has 0 bridgehead atoms. The van der Waals surface area contributed by atoms with Gasteiger partial charge in [-0.1, -0.05) is 52.9 Å². The van der Waals surface area contributed by atoms with Crippen molar-refractivity contribution in [2.24, 2.45) is 11.8 Å². The van der Waals surface area contributed by atoms with Crippen LogP contribution in [0.5, 0.6) is 0 Å². The molecule has 116 valence electrons. The van der Waals surface area contributed by atoms with E-state index >= 15 is 0 Å². The van der Waals surface area contributed by atoms with E-state index in [0.29, 0.717) is 23.9 Å². The Hall–Kier alpha value is -0.570. The summed E-state index contributed by atoms with van der Waals surface area (Å²) < 4.78 is 0. The Morgan fingerprint density at radius 3 is 2.50 bits per heavy atom. The van der Waals surface area contributed by atoms with Crippen LogP contribution in [0.2, 0.25) is 0 Å². The van der Waals surface area contributed by atoms with Crippen molar-refractivity contribution in [3.8, 4) is 0 Å². The molecule has 2 rings (SSSR count). The number of amides is 1. The van der Waals surface area contributed by atoms with Crippen LogP contribution in [-0.2, 0) is 4.79 Å². The molecule has 2 unspecified atom stereocenters. The van der Waals surface area contributed by atoms with Gasteiger partial charge in [-0.2, -0.15) is 0 Å². The molecule has 1 aliphatic heterocycles. The molecular weight excluding hydrogens is 248 g/mol. The van der Waals surface area contributed by atoms with Crippen LogP contribution in [0.1, 0.15) is 72.1 Å². The number of hydrogen-bond donors (Lipinski definition) is 1. The second kappa shape index (κ2) is 7.44. The Labute approximate surface area is 124 Å². The summed E-state index contributed by atoms with van der Waals surface area (Å²) in [6.07, 6.45) is 10.5. The Morgan fingerprint density at radius 1 is 1.20 bits per heavy atom. The fourth-order valence-corrected chi connectivity index (χ4v) is 3.76. The molecule has 0 radical (unpaired) electrons. The second-order valence-electron chi connectivity index (χ2n) is 6.97. The smallest absolute Gasteiger partial charge is 0.241 e. The van der Waals surface area contributed by atoms with Crippen LogP contribution in [0.4, 0.5) is 0 Å². The van der Waals surface area contributed by atoms with Crippen molar-refractivity contribution in [3.63, 3.8) is 0 Å². The average molecular weight is 280 g/mol. The van der Waals surface area contributed by atoms with Crippen LogP contribution in [0.25, 0.3) is 0 Å². The molecule has 0 aromatic heterocycles. The third-order valence-electron chi connectivity index (χ3n) is 5.00. The summed E-state index contributed by atoms with van der Waals surface area (Å²) in [7, 11) is 0. The molecule has 1 heterocycles. The van der Waals surface area contributed by atoms with E-state index in [4.69, 9.17) is 0 Å². The molecule has 2 fully saturated rings. The van der Waals surface area contributed by atoms with Crippen LogP contribution < -0.4 is 5.32 Å². The molecule has 1 N–H and O–H groups in total. The summed E-state index contributed by atoms with van der Waals surface area (Å²) in [5, 5.41) is 3.65. The lowest BCUT2D eigenvalue weighted by Crippen LogP contribution is -2.43. The minimum atomic E-state index is 0.0479. The molecule has 2 aliphatic rings. The summed E-state index contributed by atoms with van der Waals surface area (Å²) in [6.45, 7) is 7.50. The molecule has 20 heavy (non-hydrogen) atoms. The molecule has 3 heteroatoms. The standard InChI is InChI=1S/C17H32N2O/c1-4-5-6-9-12-19-16(14-10-7-8-11-14)18-15(13(2)3)17(19)20/h13-16,18H,4-12H2,1-3H3. The fraction of sp³-hybridized carbons (Fsp3) is 0.941. The number of nitrogens with one attached hydrogen (secondary N) is 1. The molecule has 1 saturated carbocycles. The summed E-state index contributed by atoms with van der Waals surface area (Å²) in [4.78, 5) is 14.8. The number of nitrogens with zero attached hydrogens (tertiary/aromatic N) is 1.